The molecule has 0 N–H and O–H groups in total. The highest BCUT2D eigenvalue weighted by Gasteiger charge is 2.15. The van der Waals surface area contributed by atoms with Gasteiger partial charge in [0.1, 0.15) is 5.75 Å². The normalized spacial score (nSPS) is 11.2. The molecule has 0 fully saturated rings. The van der Waals surface area contributed by atoms with Gasteiger partial charge in [0.25, 0.3) is 5.56 Å². The number of ether oxygens (including phenoxy) is 1. The molecule has 0 aliphatic carbocycles. The van der Waals surface area contributed by atoms with E-state index in [-0.39, 0.29) is 5.56 Å². The molecule has 2 aromatic carbocycles. The van der Waals surface area contributed by atoms with Crippen molar-refractivity contribution in [2.24, 2.45) is 14.1 Å². The van der Waals surface area contributed by atoms with Crippen molar-refractivity contribution in [3.63, 3.8) is 0 Å². The molecule has 0 spiro atoms. The van der Waals surface area contributed by atoms with E-state index >= 15 is 0 Å². The minimum Gasteiger partial charge on any atom is -0.493 e. The molecule has 2 aromatic heterocycles. The molecular formula is C23H23N3O2S. The Bertz CT molecular complexity index is 1260. The Hall–Kier alpha value is -2.99. The Balaban J connectivity index is 2.04. The first kappa shape index (κ1) is 19.3. The lowest BCUT2D eigenvalue weighted by Crippen LogP contribution is -2.16. The van der Waals surface area contributed by atoms with Crippen LogP contribution in [0.25, 0.3) is 33.0 Å². The first-order chi connectivity index (χ1) is 14.0. The van der Waals surface area contributed by atoms with Crippen LogP contribution in [0.15, 0.2) is 64.7 Å². The van der Waals surface area contributed by atoms with Crippen molar-refractivity contribution in [1.29, 1.82) is 0 Å². The van der Waals surface area contributed by atoms with Crippen LogP contribution in [0.5, 0.6) is 5.75 Å². The third-order valence-corrected chi connectivity index (χ3v) is 5.72. The van der Waals surface area contributed by atoms with Crippen molar-refractivity contribution in [3.8, 4) is 28.0 Å². The van der Waals surface area contributed by atoms with E-state index in [1.807, 2.05) is 50.8 Å². The fourth-order valence-corrected chi connectivity index (χ4v) is 4.00. The summed E-state index contributed by atoms with van der Waals surface area (Å²) in [5.41, 5.74) is 4.00. The topological polar surface area (TPSA) is 49.1 Å². The fourth-order valence-electron chi connectivity index (χ4n) is 3.56. The average Bonchev–Trinajstić information content (AvgIpc) is 3.17. The van der Waals surface area contributed by atoms with Crippen LogP contribution in [0.2, 0.25) is 0 Å². The minimum absolute atomic E-state index is 0.0135. The number of fused-ring (bicyclic) bond motifs is 1. The van der Waals surface area contributed by atoms with Crippen molar-refractivity contribution < 1.29 is 4.74 Å². The molecule has 0 aliphatic rings. The lowest BCUT2D eigenvalue weighted by Gasteiger charge is -2.15. The van der Waals surface area contributed by atoms with Crippen LogP contribution in [0.1, 0.15) is 6.92 Å². The first-order valence-electron chi connectivity index (χ1n) is 9.45. The molecule has 0 unspecified atom stereocenters. The van der Waals surface area contributed by atoms with Crippen LogP contribution in [-0.4, -0.2) is 27.2 Å². The van der Waals surface area contributed by atoms with Gasteiger partial charge in [-0.15, -0.1) is 11.8 Å². The monoisotopic (exact) mass is 405 g/mol. The van der Waals surface area contributed by atoms with E-state index in [1.54, 1.807) is 28.1 Å². The Morgan fingerprint density at radius 1 is 1.00 bits per heavy atom. The van der Waals surface area contributed by atoms with E-state index in [0.29, 0.717) is 12.0 Å². The van der Waals surface area contributed by atoms with Crippen molar-refractivity contribution in [3.05, 3.63) is 65.3 Å². The number of aryl methyl sites for hydroxylation is 2. The van der Waals surface area contributed by atoms with Crippen LogP contribution in [-0.2, 0) is 14.1 Å². The molecule has 29 heavy (non-hydrogen) atoms. The Labute approximate surface area is 173 Å². The second-order valence-corrected chi connectivity index (χ2v) is 7.80. The molecular weight excluding hydrogens is 382 g/mol. The Morgan fingerprint density at radius 3 is 2.52 bits per heavy atom. The minimum atomic E-state index is -0.0135. The summed E-state index contributed by atoms with van der Waals surface area (Å²) in [5, 5.41) is 5.87. The molecule has 4 rings (SSSR count). The lowest BCUT2D eigenvalue weighted by molar-refractivity contribution is 0.341. The maximum absolute atomic E-state index is 12.8. The third kappa shape index (κ3) is 3.56. The van der Waals surface area contributed by atoms with E-state index in [0.717, 1.165) is 38.3 Å². The molecule has 0 atom stereocenters. The maximum atomic E-state index is 12.8. The molecule has 0 aliphatic heterocycles. The summed E-state index contributed by atoms with van der Waals surface area (Å²) in [6.07, 6.45) is 7.77. The number of nitrogens with zero attached hydrogens (tertiary/aromatic N) is 3. The summed E-state index contributed by atoms with van der Waals surface area (Å²) < 4.78 is 9.34. The molecule has 2 heterocycles. The zero-order valence-electron chi connectivity index (χ0n) is 17.0. The molecule has 0 saturated carbocycles. The summed E-state index contributed by atoms with van der Waals surface area (Å²) >= 11 is 1.68. The van der Waals surface area contributed by atoms with Crippen molar-refractivity contribution in [2.45, 2.75) is 11.8 Å². The molecule has 4 aromatic rings. The van der Waals surface area contributed by atoms with Crippen LogP contribution in [0.3, 0.4) is 0 Å². The van der Waals surface area contributed by atoms with Gasteiger partial charge in [0.05, 0.1) is 12.8 Å². The number of thioether (sulfide) groups is 1. The highest BCUT2D eigenvalue weighted by atomic mass is 32.2. The third-order valence-electron chi connectivity index (χ3n) is 5.00. The molecule has 0 amide bonds. The van der Waals surface area contributed by atoms with Gasteiger partial charge in [-0.05, 0) is 54.5 Å². The van der Waals surface area contributed by atoms with Crippen molar-refractivity contribution >= 4 is 22.5 Å². The van der Waals surface area contributed by atoms with Gasteiger partial charge < -0.3 is 9.30 Å². The Kier molecular flexibility index (Phi) is 5.20. The quantitative estimate of drug-likeness (QED) is 0.451. The van der Waals surface area contributed by atoms with Gasteiger partial charge in [0.15, 0.2) is 0 Å². The molecule has 5 nitrogen and oxygen atoms in total. The predicted molar refractivity (Wildman–Crippen MR) is 120 cm³/mol. The summed E-state index contributed by atoms with van der Waals surface area (Å²) in [7, 11) is 3.69. The van der Waals surface area contributed by atoms with E-state index in [4.69, 9.17) is 4.74 Å². The van der Waals surface area contributed by atoms with Gasteiger partial charge in [-0.1, -0.05) is 6.07 Å². The number of hydrogen-bond acceptors (Lipinski definition) is 4. The standard InChI is InChI=1S/C23H23N3O2S/c1-5-28-22-9-7-17(29-4)11-20(22)21-14-25(2)23(27)18-8-6-15(10-19(18)21)16-12-24-26(3)13-16/h6-14H,5H2,1-4H3. The second-order valence-electron chi connectivity index (χ2n) is 6.92. The summed E-state index contributed by atoms with van der Waals surface area (Å²) in [4.78, 5) is 14.0. The highest BCUT2D eigenvalue weighted by Crippen LogP contribution is 2.38. The van der Waals surface area contributed by atoms with Gasteiger partial charge in [-0.3, -0.25) is 9.48 Å². The molecule has 6 heteroatoms. The summed E-state index contributed by atoms with van der Waals surface area (Å²) in [6.45, 7) is 2.56. The van der Waals surface area contributed by atoms with E-state index in [9.17, 15) is 4.79 Å². The SMILES string of the molecule is CCOc1ccc(SC)cc1-c1cn(C)c(=O)c2ccc(-c3cnn(C)c3)cc12. The predicted octanol–water partition coefficient (Wildman–Crippen LogP) is 4.73. The first-order valence-corrected chi connectivity index (χ1v) is 10.7. The zero-order chi connectivity index (χ0) is 20.5. The number of rotatable bonds is 5. The van der Waals surface area contributed by atoms with Crippen LogP contribution >= 0.6 is 11.8 Å². The van der Waals surface area contributed by atoms with E-state index in [1.165, 1.54) is 0 Å². The average molecular weight is 406 g/mol. The zero-order valence-corrected chi connectivity index (χ0v) is 17.8. The van der Waals surface area contributed by atoms with Crippen LogP contribution < -0.4 is 10.3 Å². The van der Waals surface area contributed by atoms with Gasteiger partial charge in [0, 0.05) is 53.5 Å². The summed E-state index contributed by atoms with van der Waals surface area (Å²) in [5.74, 6) is 0.817. The largest absolute Gasteiger partial charge is 0.493 e. The molecule has 0 saturated heterocycles. The second kappa shape index (κ2) is 7.79. The van der Waals surface area contributed by atoms with Gasteiger partial charge in [-0.25, -0.2) is 0 Å². The number of benzene rings is 2. The highest BCUT2D eigenvalue weighted by molar-refractivity contribution is 7.98. The van der Waals surface area contributed by atoms with Gasteiger partial charge >= 0.3 is 0 Å². The van der Waals surface area contributed by atoms with Crippen molar-refractivity contribution in [2.75, 3.05) is 12.9 Å². The molecule has 0 bridgehead atoms. The fraction of sp³-hybridized carbons (Fsp3) is 0.217. The maximum Gasteiger partial charge on any atom is 0.258 e. The molecule has 148 valence electrons. The summed E-state index contributed by atoms with van der Waals surface area (Å²) in [6, 6.07) is 12.2. The smallest absolute Gasteiger partial charge is 0.258 e. The molecule has 0 radical (unpaired) electrons. The number of pyridine rings is 1. The number of hydrogen-bond donors (Lipinski definition) is 0. The van der Waals surface area contributed by atoms with E-state index in [2.05, 4.69) is 29.6 Å². The Morgan fingerprint density at radius 2 is 1.83 bits per heavy atom. The number of aromatic nitrogens is 3. The van der Waals surface area contributed by atoms with Gasteiger partial charge in [0.2, 0.25) is 0 Å². The van der Waals surface area contributed by atoms with Crippen LogP contribution in [0, 0.1) is 0 Å². The van der Waals surface area contributed by atoms with Crippen LogP contribution in [0.4, 0.5) is 0 Å². The van der Waals surface area contributed by atoms with Crippen molar-refractivity contribution in [1.82, 2.24) is 14.3 Å². The van der Waals surface area contributed by atoms with E-state index < -0.39 is 0 Å². The lowest BCUT2D eigenvalue weighted by atomic mass is 9.97. The van der Waals surface area contributed by atoms with Gasteiger partial charge in [-0.2, -0.15) is 5.10 Å².